The van der Waals surface area contributed by atoms with Gasteiger partial charge in [0.15, 0.2) is 5.16 Å². The maximum atomic E-state index is 13.9. The predicted octanol–water partition coefficient (Wildman–Crippen LogP) is 3.40. The summed E-state index contributed by atoms with van der Waals surface area (Å²) in [5.74, 6) is -3.57. The molecule has 0 saturated carbocycles. The number of rotatable bonds is 5. The first-order valence-corrected chi connectivity index (χ1v) is 10.3. The van der Waals surface area contributed by atoms with E-state index in [-0.39, 0.29) is 28.6 Å². The Morgan fingerprint density at radius 2 is 1.94 bits per heavy atom. The molecule has 1 aliphatic rings. The third kappa shape index (κ3) is 4.64. The van der Waals surface area contributed by atoms with Crippen LogP contribution in [0.4, 0.5) is 20.3 Å². The molecule has 3 N–H and O–H groups in total. The number of nitrogens with one attached hydrogen (secondary N) is 3. The van der Waals surface area contributed by atoms with Gasteiger partial charge in [-0.3, -0.25) is 14.4 Å². The van der Waals surface area contributed by atoms with Crippen molar-refractivity contribution in [2.45, 2.75) is 23.2 Å². The largest absolute Gasteiger partial charge is 0.323 e. The van der Waals surface area contributed by atoms with Crippen LogP contribution in [-0.4, -0.2) is 21.8 Å². The van der Waals surface area contributed by atoms with E-state index in [0.29, 0.717) is 5.75 Å². The Kier molecular flexibility index (Phi) is 5.81. The normalized spacial score (nSPS) is 15.2. The lowest BCUT2D eigenvalue weighted by Crippen LogP contribution is -2.36. The number of thioether (sulfide) groups is 1. The Bertz CT molecular complexity index is 1220. The van der Waals surface area contributed by atoms with E-state index in [1.165, 1.54) is 11.8 Å². The number of hydrogen-bond acceptors (Lipinski definition) is 5. The minimum atomic E-state index is -1.20. The Labute approximate surface area is 179 Å². The zero-order chi connectivity index (χ0) is 22.0. The predicted molar refractivity (Wildman–Crippen MR) is 112 cm³/mol. The second-order valence-corrected chi connectivity index (χ2v) is 7.79. The number of benzene rings is 2. The molecule has 1 aliphatic heterocycles. The summed E-state index contributed by atoms with van der Waals surface area (Å²) < 4.78 is 27.3. The fraction of sp³-hybridized carbons (Fsp3) is 0.143. The minimum absolute atomic E-state index is 0.0181. The van der Waals surface area contributed by atoms with Crippen LogP contribution in [0.3, 0.4) is 0 Å². The molecule has 1 aromatic heterocycles. The minimum Gasteiger partial charge on any atom is -0.323 e. The van der Waals surface area contributed by atoms with E-state index in [4.69, 9.17) is 0 Å². The molecule has 0 aliphatic carbocycles. The fourth-order valence-electron chi connectivity index (χ4n) is 3.18. The second-order valence-electron chi connectivity index (χ2n) is 6.83. The summed E-state index contributed by atoms with van der Waals surface area (Å²) in [6.45, 7) is 0. The number of H-pyrrole nitrogens is 1. The van der Waals surface area contributed by atoms with Crippen LogP contribution in [0.5, 0.6) is 0 Å². The monoisotopic (exact) mass is 442 g/mol. The van der Waals surface area contributed by atoms with Gasteiger partial charge in [-0.1, -0.05) is 42.1 Å². The summed E-state index contributed by atoms with van der Waals surface area (Å²) >= 11 is 1.27. The Morgan fingerprint density at radius 3 is 2.71 bits per heavy atom. The van der Waals surface area contributed by atoms with Crippen molar-refractivity contribution in [3.8, 4) is 0 Å². The molecule has 0 fully saturated rings. The Hall–Kier alpha value is -3.53. The van der Waals surface area contributed by atoms with Crippen LogP contribution in [0.15, 0.2) is 58.5 Å². The molecule has 4 rings (SSSR count). The average molecular weight is 442 g/mol. The van der Waals surface area contributed by atoms with Gasteiger partial charge in [-0.25, -0.2) is 13.8 Å². The molecule has 158 valence electrons. The van der Waals surface area contributed by atoms with Crippen molar-refractivity contribution < 1.29 is 18.4 Å². The maximum Gasteiger partial charge on any atom is 0.257 e. The maximum absolute atomic E-state index is 13.9. The van der Waals surface area contributed by atoms with Gasteiger partial charge in [0.1, 0.15) is 17.5 Å². The summed E-state index contributed by atoms with van der Waals surface area (Å²) in [5.41, 5.74) is 0.0293. The van der Waals surface area contributed by atoms with E-state index in [1.54, 1.807) is 0 Å². The van der Waals surface area contributed by atoms with Crippen molar-refractivity contribution in [2.24, 2.45) is 0 Å². The summed E-state index contributed by atoms with van der Waals surface area (Å²) in [6.07, 6.45) is -0.322. The van der Waals surface area contributed by atoms with Gasteiger partial charge in [0.2, 0.25) is 11.8 Å². The van der Waals surface area contributed by atoms with Crippen molar-refractivity contribution in [1.82, 2.24) is 9.97 Å². The van der Waals surface area contributed by atoms with Crippen molar-refractivity contribution in [1.29, 1.82) is 0 Å². The van der Waals surface area contributed by atoms with Crippen LogP contribution in [0.2, 0.25) is 0 Å². The number of amides is 2. The number of fused-ring (bicyclic) bond motifs is 1. The number of nitrogens with zero attached hydrogens (tertiary/aromatic N) is 1. The van der Waals surface area contributed by atoms with E-state index < -0.39 is 34.9 Å². The van der Waals surface area contributed by atoms with E-state index in [2.05, 4.69) is 20.6 Å². The standard InChI is InChI=1S/C21H16F2N4O3S/c22-12-6-7-14(23)15(8-12)24-19(29)13-9-16(28)25-18-17(13)20(30)27-21(26-18)31-10-11-4-2-1-3-5-11/h1-8,13H,9-10H2,(H,24,29)(H2,25,26,27,28,30)/t13-/m1/s1. The number of halogens is 2. The third-order valence-electron chi connectivity index (χ3n) is 4.65. The van der Waals surface area contributed by atoms with E-state index in [9.17, 15) is 23.2 Å². The highest BCUT2D eigenvalue weighted by Crippen LogP contribution is 2.31. The van der Waals surface area contributed by atoms with Crippen LogP contribution >= 0.6 is 11.8 Å². The van der Waals surface area contributed by atoms with E-state index in [0.717, 1.165) is 23.8 Å². The van der Waals surface area contributed by atoms with Crippen molar-refractivity contribution in [3.05, 3.63) is 81.6 Å². The number of anilines is 2. The first-order valence-electron chi connectivity index (χ1n) is 9.27. The van der Waals surface area contributed by atoms with Gasteiger partial charge in [-0.2, -0.15) is 0 Å². The van der Waals surface area contributed by atoms with Gasteiger partial charge >= 0.3 is 0 Å². The first-order chi connectivity index (χ1) is 14.9. The number of carbonyl (C=O) groups excluding carboxylic acids is 2. The average Bonchev–Trinajstić information content (AvgIpc) is 2.74. The third-order valence-corrected chi connectivity index (χ3v) is 5.59. The smallest absolute Gasteiger partial charge is 0.257 e. The molecule has 0 unspecified atom stereocenters. The van der Waals surface area contributed by atoms with Gasteiger partial charge in [0.25, 0.3) is 5.56 Å². The van der Waals surface area contributed by atoms with Crippen LogP contribution in [0, 0.1) is 11.6 Å². The van der Waals surface area contributed by atoms with Gasteiger partial charge in [-0.15, -0.1) is 0 Å². The summed E-state index contributed by atoms with van der Waals surface area (Å²) in [7, 11) is 0. The molecule has 0 bridgehead atoms. The quantitative estimate of drug-likeness (QED) is 0.415. The van der Waals surface area contributed by atoms with Crippen molar-refractivity contribution in [3.63, 3.8) is 0 Å². The van der Waals surface area contributed by atoms with Gasteiger partial charge in [-0.05, 0) is 17.7 Å². The van der Waals surface area contributed by atoms with E-state index >= 15 is 0 Å². The zero-order valence-corrected chi connectivity index (χ0v) is 16.8. The van der Waals surface area contributed by atoms with Crippen molar-refractivity contribution >= 4 is 35.1 Å². The summed E-state index contributed by atoms with van der Waals surface area (Å²) in [4.78, 5) is 44.5. The molecule has 2 amide bonds. The molecule has 7 nitrogen and oxygen atoms in total. The lowest BCUT2D eigenvalue weighted by molar-refractivity contribution is -0.123. The SMILES string of the molecule is O=C1C[C@@H](C(=O)Nc2cc(F)ccc2F)c2c(nc(SCc3ccccc3)[nH]c2=O)N1. The van der Waals surface area contributed by atoms with Crippen LogP contribution < -0.4 is 16.2 Å². The number of hydrogen-bond donors (Lipinski definition) is 3. The van der Waals surface area contributed by atoms with Gasteiger partial charge < -0.3 is 15.6 Å². The Balaban J connectivity index is 1.60. The molecule has 0 saturated heterocycles. The molecule has 3 aromatic rings. The lowest BCUT2D eigenvalue weighted by atomic mass is 9.92. The number of aromatic amines is 1. The molecular formula is C21H16F2N4O3S. The molecule has 1 atom stereocenters. The van der Waals surface area contributed by atoms with Gasteiger partial charge in [0, 0.05) is 18.2 Å². The van der Waals surface area contributed by atoms with Crippen LogP contribution in [0.1, 0.15) is 23.5 Å². The molecule has 0 radical (unpaired) electrons. The topological polar surface area (TPSA) is 104 Å². The van der Waals surface area contributed by atoms with E-state index in [1.807, 2.05) is 30.3 Å². The number of aromatic nitrogens is 2. The van der Waals surface area contributed by atoms with Crippen molar-refractivity contribution in [2.75, 3.05) is 10.6 Å². The zero-order valence-electron chi connectivity index (χ0n) is 15.9. The summed E-state index contributed by atoms with van der Waals surface area (Å²) in [5, 5.41) is 5.04. The fourth-order valence-corrected chi connectivity index (χ4v) is 4.00. The van der Waals surface area contributed by atoms with Crippen LogP contribution in [-0.2, 0) is 15.3 Å². The molecule has 2 aromatic carbocycles. The summed E-state index contributed by atoms with van der Waals surface area (Å²) in [6, 6.07) is 12.1. The highest BCUT2D eigenvalue weighted by molar-refractivity contribution is 7.98. The molecule has 0 spiro atoms. The molecule has 10 heteroatoms. The lowest BCUT2D eigenvalue weighted by Gasteiger charge is -2.23. The molecule has 2 heterocycles. The highest BCUT2D eigenvalue weighted by Gasteiger charge is 2.35. The highest BCUT2D eigenvalue weighted by atomic mass is 32.2. The number of carbonyl (C=O) groups is 2. The van der Waals surface area contributed by atoms with Crippen LogP contribution in [0.25, 0.3) is 0 Å². The Morgan fingerprint density at radius 1 is 1.16 bits per heavy atom. The first kappa shape index (κ1) is 20.7. The molecular weight excluding hydrogens is 426 g/mol. The second kappa shape index (κ2) is 8.68. The van der Waals surface area contributed by atoms with Gasteiger partial charge in [0.05, 0.1) is 17.2 Å². The molecule has 31 heavy (non-hydrogen) atoms.